The lowest BCUT2D eigenvalue weighted by Crippen LogP contribution is -2.35. The zero-order valence-electron chi connectivity index (χ0n) is 14.1. The van der Waals surface area contributed by atoms with Crippen molar-refractivity contribution >= 4 is 39.2 Å². The number of para-hydroxylation sites is 1. The molecule has 0 saturated heterocycles. The summed E-state index contributed by atoms with van der Waals surface area (Å²) >= 11 is 5.92. The van der Waals surface area contributed by atoms with Crippen LogP contribution in [0.2, 0.25) is 5.02 Å². The highest BCUT2D eigenvalue weighted by Crippen LogP contribution is 2.20. The molecule has 2 rings (SSSR count). The molecule has 0 aliphatic carbocycles. The molecule has 27 heavy (non-hydrogen) atoms. The predicted octanol–water partition coefficient (Wildman–Crippen LogP) is 2.33. The van der Waals surface area contributed by atoms with Crippen LogP contribution in [0.5, 0.6) is 0 Å². The van der Waals surface area contributed by atoms with E-state index in [0.717, 1.165) is 24.3 Å². The highest BCUT2D eigenvalue weighted by atomic mass is 35.5. The third kappa shape index (κ3) is 6.02. The van der Waals surface area contributed by atoms with Crippen molar-refractivity contribution in [3.05, 3.63) is 59.4 Å². The number of sulfonamides is 1. The van der Waals surface area contributed by atoms with Gasteiger partial charge in [0, 0.05) is 0 Å². The highest BCUT2D eigenvalue weighted by molar-refractivity contribution is 7.89. The minimum Gasteiger partial charge on any atom is -0.452 e. The quantitative estimate of drug-likeness (QED) is 0.677. The summed E-state index contributed by atoms with van der Waals surface area (Å²) in [5, 5.41) is 2.81. The molecule has 0 aromatic heterocycles. The second-order valence-corrected chi connectivity index (χ2v) is 7.55. The molecule has 0 saturated carbocycles. The maximum absolute atomic E-state index is 12.9. The van der Waals surface area contributed by atoms with Gasteiger partial charge in [-0.3, -0.25) is 9.59 Å². The Balaban J connectivity index is 1.88. The summed E-state index contributed by atoms with van der Waals surface area (Å²) in [5.74, 6) is -2.17. The van der Waals surface area contributed by atoms with Crippen molar-refractivity contribution in [2.75, 3.05) is 11.9 Å². The Bertz CT molecular complexity index is 935. The first-order chi connectivity index (χ1) is 12.7. The van der Waals surface area contributed by atoms with Gasteiger partial charge in [0.05, 0.1) is 15.6 Å². The zero-order chi connectivity index (χ0) is 20.0. The van der Waals surface area contributed by atoms with Crippen LogP contribution in [0, 0.1) is 5.82 Å². The number of ether oxygens (including phenoxy) is 1. The molecule has 0 heterocycles. The number of benzene rings is 2. The monoisotopic (exact) mass is 414 g/mol. The van der Waals surface area contributed by atoms with Gasteiger partial charge in [0.15, 0.2) is 6.10 Å². The molecule has 0 fully saturated rings. The van der Waals surface area contributed by atoms with Gasteiger partial charge in [-0.2, -0.15) is 4.72 Å². The molecule has 10 heteroatoms. The molecule has 2 N–H and O–H groups in total. The molecule has 0 radical (unpaired) electrons. The van der Waals surface area contributed by atoms with Crippen molar-refractivity contribution in [1.82, 2.24) is 4.72 Å². The van der Waals surface area contributed by atoms with Gasteiger partial charge >= 0.3 is 5.97 Å². The Labute approximate surface area is 160 Å². The summed E-state index contributed by atoms with van der Waals surface area (Å²) in [5.41, 5.74) is 0.351. The van der Waals surface area contributed by atoms with E-state index in [1.165, 1.54) is 6.92 Å². The number of halogens is 2. The molecule has 1 amide bonds. The van der Waals surface area contributed by atoms with Gasteiger partial charge in [-0.15, -0.1) is 0 Å². The van der Waals surface area contributed by atoms with E-state index in [-0.39, 0.29) is 4.90 Å². The Morgan fingerprint density at radius 1 is 1.15 bits per heavy atom. The first kappa shape index (κ1) is 20.8. The molecule has 0 spiro atoms. The molecule has 0 aliphatic heterocycles. The number of rotatable bonds is 7. The van der Waals surface area contributed by atoms with Crippen LogP contribution in [0.25, 0.3) is 0 Å². The molecule has 2 aromatic rings. The van der Waals surface area contributed by atoms with E-state index in [2.05, 4.69) is 5.32 Å². The van der Waals surface area contributed by atoms with Gasteiger partial charge in [0.1, 0.15) is 12.4 Å². The minimum absolute atomic E-state index is 0.207. The lowest BCUT2D eigenvalue weighted by molar-refractivity contribution is -0.151. The summed E-state index contributed by atoms with van der Waals surface area (Å²) in [6.45, 7) is 0.641. The second-order valence-electron chi connectivity index (χ2n) is 5.38. The lowest BCUT2D eigenvalue weighted by Gasteiger charge is -2.14. The summed E-state index contributed by atoms with van der Waals surface area (Å²) in [4.78, 5) is 23.6. The lowest BCUT2D eigenvalue weighted by atomic mass is 10.3. The largest absolute Gasteiger partial charge is 0.452 e. The topological polar surface area (TPSA) is 102 Å². The number of hydrogen-bond donors (Lipinski definition) is 2. The SMILES string of the molecule is C[C@@H](OC(=O)CNS(=O)(=O)c1ccc(F)cc1)C(=O)Nc1ccccc1Cl. The average molecular weight is 415 g/mol. The van der Waals surface area contributed by atoms with E-state index in [4.69, 9.17) is 16.3 Å². The van der Waals surface area contributed by atoms with Gasteiger partial charge in [0.2, 0.25) is 10.0 Å². The van der Waals surface area contributed by atoms with Crippen molar-refractivity contribution < 1.29 is 27.1 Å². The fraction of sp³-hybridized carbons (Fsp3) is 0.176. The maximum Gasteiger partial charge on any atom is 0.321 e. The van der Waals surface area contributed by atoms with E-state index in [9.17, 15) is 22.4 Å². The Kier molecular flexibility index (Phi) is 6.89. The van der Waals surface area contributed by atoms with E-state index in [1.807, 2.05) is 4.72 Å². The van der Waals surface area contributed by atoms with E-state index >= 15 is 0 Å². The van der Waals surface area contributed by atoms with Gasteiger partial charge < -0.3 is 10.1 Å². The smallest absolute Gasteiger partial charge is 0.321 e. The first-order valence-corrected chi connectivity index (χ1v) is 9.55. The number of carbonyl (C=O) groups excluding carboxylic acids is 2. The molecule has 7 nitrogen and oxygen atoms in total. The van der Waals surface area contributed by atoms with E-state index in [0.29, 0.717) is 10.7 Å². The van der Waals surface area contributed by atoms with Crippen molar-refractivity contribution in [3.8, 4) is 0 Å². The number of anilines is 1. The van der Waals surface area contributed by atoms with Gasteiger partial charge in [-0.1, -0.05) is 23.7 Å². The molecule has 0 unspecified atom stereocenters. The first-order valence-electron chi connectivity index (χ1n) is 7.69. The van der Waals surface area contributed by atoms with E-state index < -0.39 is 40.4 Å². The van der Waals surface area contributed by atoms with Crippen LogP contribution in [-0.2, 0) is 24.3 Å². The van der Waals surface area contributed by atoms with Crippen LogP contribution in [0.4, 0.5) is 10.1 Å². The van der Waals surface area contributed by atoms with Crippen LogP contribution in [0.3, 0.4) is 0 Å². The Morgan fingerprint density at radius 2 is 1.78 bits per heavy atom. The number of amides is 1. The summed E-state index contributed by atoms with van der Waals surface area (Å²) in [6.07, 6.45) is -1.18. The molecular formula is C17H16ClFN2O5S. The van der Waals surface area contributed by atoms with Crippen molar-refractivity contribution in [2.24, 2.45) is 0 Å². The third-order valence-electron chi connectivity index (χ3n) is 3.34. The second kappa shape index (κ2) is 8.94. The average Bonchev–Trinajstić information content (AvgIpc) is 2.62. The number of esters is 1. The molecule has 2 aromatic carbocycles. The van der Waals surface area contributed by atoms with E-state index in [1.54, 1.807) is 24.3 Å². The predicted molar refractivity (Wildman–Crippen MR) is 97.2 cm³/mol. The molecule has 0 aliphatic rings. The fourth-order valence-electron chi connectivity index (χ4n) is 1.94. The highest BCUT2D eigenvalue weighted by Gasteiger charge is 2.21. The van der Waals surface area contributed by atoms with Crippen molar-refractivity contribution in [3.63, 3.8) is 0 Å². The summed E-state index contributed by atoms with van der Waals surface area (Å²) < 4.78 is 43.8. The minimum atomic E-state index is -4.02. The van der Waals surface area contributed by atoms with Crippen LogP contribution in [-0.4, -0.2) is 32.9 Å². The standard InChI is InChI=1S/C17H16ClFN2O5S/c1-11(17(23)21-15-5-3-2-4-14(15)18)26-16(22)10-20-27(24,25)13-8-6-12(19)7-9-13/h2-9,11,20H,10H2,1H3,(H,21,23)/t11-/m1/s1. The number of nitrogens with one attached hydrogen (secondary N) is 2. The summed E-state index contributed by atoms with van der Waals surface area (Å²) in [6, 6.07) is 10.6. The van der Waals surface area contributed by atoms with Crippen LogP contribution in [0.1, 0.15) is 6.92 Å². The van der Waals surface area contributed by atoms with Gasteiger partial charge in [0.25, 0.3) is 5.91 Å². The fourth-order valence-corrected chi connectivity index (χ4v) is 3.09. The molecule has 144 valence electrons. The van der Waals surface area contributed by atoms with Crippen molar-refractivity contribution in [1.29, 1.82) is 0 Å². The Morgan fingerprint density at radius 3 is 2.41 bits per heavy atom. The number of carbonyl (C=O) groups is 2. The third-order valence-corrected chi connectivity index (χ3v) is 5.09. The molecule has 1 atom stereocenters. The van der Waals surface area contributed by atoms with Gasteiger partial charge in [-0.25, -0.2) is 12.8 Å². The number of hydrogen-bond acceptors (Lipinski definition) is 5. The van der Waals surface area contributed by atoms with Gasteiger partial charge in [-0.05, 0) is 43.3 Å². The maximum atomic E-state index is 12.9. The van der Waals surface area contributed by atoms with Crippen molar-refractivity contribution in [2.45, 2.75) is 17.9 Å². The molecular weight excluding hydrogens is 399 g/mol. The van der Waals surface area contributed by atoms with Crippen LogP contribution >= 0.6 is 11.6 Å². The van der Waals surface area contributed by atoms with Crippen LogP contribution in [0.15, 0.2) is 53.4 Å². The molecule has 0 bridgehead atoms. The Hall–Kier alpha value is -2.49. The normalized spacial score (nSPS) is 12.3. The van der Waals surface area contributed by atoms with Crippen LogP contribution < -0.4 is 10.0 Å². The summed E-state index contributed by atoms with van der Waals surface area (Å²) in [7, 11) is -4.02. The zero-order valence-corrected chi connectivity index (χ0v) is 15.7.